The van der Waals surface area contributed by atoms with Gasteiger partial charge < -0.3 is 31.9 Å². The highest BCUT2D eigenvalue weighted by molar-refractivity contribution is 5.93. The first-order chi connectivity index (χ1) is 13.1. The number of carbonyl (C=O) groups excluding carboxylic acids is 3. The van der Waals surface area contributed by atoms with Gasteiger partial charge in [0.05, 0.1) is 12.6 Å². The molecule has 1 aromatic carbocycles. The fraction of sp³-hybridized carbons (Fsp3) is 0.444. The van der Waals surface area contributed by atoms with Gasteiger partial charge in [-0.05, 0) is 19.4 Å². The van der Waals surface area contributed by atoms with E-state index < -0.39 is 47.9 Å². The first-order valence-electron chi connectivity index (χ1n) is 8.70. The average molecular weight is 394 g/mol. The molecule has 7 N–H and O–H groups in total. The summed E-state index contributed by atoms with van der Waals surface area (Å²) in [5, 5.41) is 25.8. The van der Waals surface area contributed by atoms with Crippen LogP contribution in [0.5, 0.6) is 0 Å². The van der Waals surface area contributed by atoms with Crippen LogP contribution in [0.1, 0.15) is 19.4 Å². The van der Waals surface area contributed by atoms with Crippen LogP contribution in [0.2, 0.25) is 0 Å². The van der Waals surface area contributed by atoms with Gasteiger partial charge in [0.1, 0.15) is 12.1 Å². The van der Waals surface area contributed by atoms with E-state index in [0.717, 1.165) is 5.56 Å². The summed E-state index contributed by atoms with van der Waals surface area (Å²) < 4.78 is 0. The molecule has 1 aromatic rings. The lowest BCUT2D eigenvalue weighted by atomic mass is 10.0. The lowest BCUT2D eigenvalue weighted by Gasteiger charge is -2.24. The number of nitrogens with one attached hydrogen (secondary N) is 3. The zero-order valence-electron chi connectivity index (χ0n) is 15.7. The van der Waals surface area contributed by atoms with Crippen molar-refractivity contribution in [3.63, 3.8) is 0 Å². The second kappa shape index (κ2) is 11.0. The van der Waals surface area contributed by atoms with E-state index in [-0.39, 0.29) is 13.0 Å². The Hall–Kier alpha value is -2.98. The van der Waals surface area contributed by atoms with Gasteiger partial charge in [-0.15, -0.1) is 0 Å². The number of carboxylic acid groups (broad SMARTS) is 1. The summed E-state index contributed by atoms with van der Waals surface area (Å²) in [6.45, 7) is 2.37. The van der Waals surface area contributed by atoms with Crippen LogP contribution in [0.15, 0.2) is 30.3 Å². The van der Waals surface area contributed by atoms with E-state index in [1.807, 2.05) is 0 Å². The predicted molar refractivity (Wildman–Crippen MR) is 100.0 cm³/mol. The van der Waals surface area contributed by atoms with Crippen LogP contribution in [0, 0.1) is 0 Å². The highest BCUT2D eigenvalue weighted by atomic mass is 16.4. The van der Waals surface area contributed by atoms with Gasteiger partial charge in [-0.25, -0.2) is 4.79 Å². The Labute approximate surface area is 162 Å². The molecule has 0 saturated carbocycles. The zero-order valence-corrected chi connectivity index (χ0v) is 15.7. The topological polar surface area (TPSA) is 171 Å². The molecule has 0 aliphatic heterocycles. The molecule has 0 radical (unpaired) electrons. The maximum absolute atomic E-state index is 12.6. The predicted octanol–water partition coefficient (Wildman–Crippen LogP) is -1.87. The number of aliphatic hydroxyl groups is 1. The van der Waals surface area contributed by atoms with E-state index in [0.29, 0.717) is 0 Å². The molecule has 10 nitrogen and oxygen atoms in total. The molecule has 4 atom stereocenters. The zero-order chi connectivity index (χ0) is 21.3. The SMILES string of the molecule is C[C@H](NC(=O)CN)C(=O)N[C@@H](Cc1ccccc1)C(=O)N[C@H](C(=O)O)[C@@H](C)O. The van der Waals surface area contributed by atoms with Crippen molar-refractivity contribution in [2.45, 2.75) is 44.5 Å². The van der Waals surface area contributed by atoms with Crippen LogP contribution in [0.4, 0.5) is 0 Å². The fourth-order valence-electron chi connectivity index (χ4n) is 2.36. The monoisotopic (exact) mass is 394 g/mol. The number of hydrogen-bond acceptors (Lipinski definition) is 6. The van der Waals surface area contributed by atoms with E-state index in [2.05, 4.69) is 16.0 Å². The highest BCUT2D eigenvalue weighted by Gasteiger charge is 2.30. The summed E-state index contributed by atoms with van der Waals surface area (Å²) in [6, 6.07) is 5.19. The van der Waals surface area contributed by atoms with Crippen LogP contribution in [-0.2, 0) is 25.6 Å². The van der Waals surface area contributed by atoms with Crippen molar-refractivity contribution in [3.8, 4) is 0 Å². The second-order valence-corrected chi connectivity index (χ2v) is 6.31. The molecule has 0 spiro atoms. The quantitative estimate of drug-likeness (QED) is 0.270. The van der Waals surface area contributed by atoms with Gasteiger partial charge in [0.25, 0.3) is 0 Å². The van der Waals surface area contributed by atoms with E-state index in [4.69, 9.17) is 10.8 Å². The third-order valence-corrected chi connectivity index (χ3v) is 3.92. The molecule has 0 aromatic heterocycles. The molecule has 10 heteroatoms. The molecule has 0 bridgehead atoms. The maximum Gasteiger partial charge on any atom is 0.328 e. The number of aliphatic hydroxyl groups excluding tert-OH is 1. The van der Waals surface area contributed by atoms with Crippen molar-refractivity contribution in [3.05, 3.63) is 35.9 Å². The lowest BCUT2D eigenvalue weighted by Crippen LogP contribution is -2.57. The number of aliphatic carboxylic acids is 1. The lowest BCUT2D eigenvalue weighted by molar-refractivity contribution is -0.145. The molecule has 1 rings (SSSR count). The van der Waals surface area contributed by atoms with E-state index in [1.165, 1.54) is 13.8 Å². The Morgan fingerprint density at radius 1 is 1.00 bits per heavy atom. The summed E-state index contributed by atoms with van der Waals surface area (Å²) in [7, 11) is 0. The molecule has 0 saturated heterocycles. The summed E-state index contributed by atoms with van der Waals surface area (Å²) >= 11 is 0. The van der Waals surface area contributed by atoms with Gasteiger partial charge in [-0.3, -0.25) is 14.4 Å². The second-order valence-electron chi connectivity index (χ2n) is 6.31. The van der Waals surface area contributed by atoms with Crippen molar-refractivity contribution in [2.24, 2.45) is 5.73 Å². The molecule has 154 valence electrons. The van der Waals surface area contributed by atoms with Crippen LogP contribution in [0.3, 0.4) is 0 Å². The summed E-state index contributed by atoms with van der Waals surface area (Å²) in [5.41, 5.74) is 5.92. The number of benzene rings is 1. The first-order valence-corrected chi connectivity index (χ1v) is 8.70. The van der Waals surface area contributed by atoms with Gasteiger partial charge >= 0.3 is 5.97 Å². The van der Waals surface area contributed by atoms with Gasteiger partial charge in [-0.2, -0.15) is 0 Å². The van der Waals surface area contributed by atoms with Crippen molar-refractivity contribution in [2.75, 3.05) is 6.54 Å². The third-order valence-electron chi connectivity index (χ3n) is 3.92. The minimum Gasteiger partial charge on any atom is -0.480 e. The van der Waals surface area contributed by atoms with Crippen LogP contribution in [-0.4, -0.2) is 64.7 Å². The Kier molecular flexibility index (Phi) is 9.06. The largest absolute Gasteiger partial charge is 0.480 e. The maximum atomic E-state index is 12.6. The molecule has 3 amide bonds. The Morgan fingerprint density at radius 2 is 1.61 bits per heavy atom. The van der Waals surface area contributed by atoms with E-state index >= 15 is 0 Å². The minimum absolute atomic E-state index is 0.0854. The normalized spacial score (nSPS) is 14.9. The Bertz CT molecular complexity index is 695. The van der Waals surface area contributed by atoms with Gasteiger partial charge in [0.2, 0.25) is 17.7 Å². The number of nitrogens with two attached hydrogens (primary N) is 1. The average Bonchev–Trinajstić information content (AvgIpc) is 2.65. The third kappa shape index (κ3) is 7.33. The molecule has 0 unspecified atom stereocenters. The number of rotatable bonds is 10. The van der Waals surface area contributed by atoms with Crippen molar-refractivity contribution in [1.82, 2.24) is 16.0 Å². The minimum atomic E-state index is -1.53. The van der Waals surface area contributed by atoms with E-state index in [9.17, 15) is 24.3 Å². The van der Waals surface area contributed by atoms with Crippen molar-refractivity contribution in [1.29, 1.82) is 0 Å². The smallest absolute Gasteiger partial charge is 0.328 e. The molecular weight excluding hydrogens is 368 g/mol. The fourth-order valence-corrected chi connectivity index (χ4v) is 2.36. The Morgan fingerprint density at radius 3 is 2.11 bits per heavy atom. The van der Waals surface area contributed by atoms with Gasteiger partial charge in [0.15, 0.2) is 6.04 Å². The molecular formula is C18H26N4O6. The van der Waals surface area contributed by atoms with Crippen LogP contribution in [0.25, 0.3) is 0 Å². The van der Waals surface area contributed by atoms with Crippen LogP contribution >= 0.6 is 0 Å². The summed E-state index contributed by atoms with van der Waals surface area (Å²) in [6.07, 6.45) is -1.25. The Balaban J connectivity index is 2.95. The summed E-state index contributed by atoms with van der Waals surface area (Å²) in [5.74, 6) is -3.35. The van der Waals surface area contributed by atoms with Crippen LogP contribution < -0.4 is 21.7 Å². The van der Waals surface area contributed by atoms with E-state index in [1.54, 1.807) is 30.3 Å². The number of hydrogen-bond donors (Lipinski definition) is 6. The molecule has 0 heterocycles. The molecule has 0 aliphatic carbocycles. The van der Waals surface area contributed by atoms with Crippen molar-refractivity contribution >= 4 is 23.7 Å². The molecule has 0 fully saturated rings. The molecule has 0 aliphatic rings. The van der Waals surface area contributed by atoms with Gasteiger partial charge in [0, 0.05) is 6.42 Å². The van der Waals surface area contributed by atoms with Crippen molar-refractivity contribution < 1.29 is 29.4 Å². The highest BCUT2D eigenvalue weighted by Crippen LogP contribution is 2.05. The first kappa shape index (κ1) is 23.1. The number of carboxylic acids is 1. The number of carbonyl (C=O) groups is 4. The standard InChI is InChI=1S/C18H26N4O6/c1-10(20-14(24)9-19)16(25)21-13(8-12-6-4-3-5-7-12)17(26)22-15(11(2)23)18(27)28/h3-7,10-11,13,15,23H,8-9,19H2,1-2H3,(H,20,24)(H,21,25)(H,22,26)(H,27,28)/t10-,11+,13-,15-/m0/s1. The summed E-state index contributed by atoms with van der Waals surface area (Å²) in [4.78, 5) is 47.5. The molecule has 28 heavy (non-hydrogen) atoms. The number of amides is 3. The van der Waals surface area contributed by atoms with Gasteiger partial charge in [-0.1, -0.05) is 30.3 Å².